The molecule has 2 aromatic heterocycles. The number of rotatable bonds is 8. The smallest absolute Gasteiger partial charge is 0.0916 e. The van der Waals surface area contributed by atoms with Crippen LogP contribution < -0.4 is 5.32 Å². The van der Waals surface area contributed by atoms with Gasteiger partial charge in [0, 0.05) is 18.7 Å². The summed E-state index contributed by atoms with van der Waals surface area (Å²) in [6.45, 7) is 7.52. The lowest BCUT2D eigenvalue weighted by atomic mass is 10.1. The molecule has 0 amide bonds. The zero-order valence-corrected chi connectivity index (χ0v) is 13.2. The van der Waals surface area contributed by atoms with Crippen LogP contribution >= 0.6 is 11.7 Å². The maximum absolute atomic E-state index is 4.67. The van der Waals surface area contributed by atoms with Gasteiger partial charge in [-0.2, -0.15) is 13.8 Å². The summed E-state index contributed by atoms with van der Waals surface area (Å²) in [5.74, 6) is 0. The minimum absolute atomic E-state index is 0.203. The van der Waals surface area contributed by atoms with Gasteiger partial charge in [-0.25, -0.2) is 0 Å². The van der Waals surface area contributed by atoms with Gasteiger partial charge in [0.2, 0.25) is 0 Å². The van der Waals surface area contributed by atoms with E-state index in [2.05, 4.69) is 52.2 Å². The summed E-state index contributed by atoms with van der Waals surface area (Å²) in [5.41, 5.74) is 2.12. The molecular formula is C14H23N5S. The van der Waals surface area contributed by atoms with Crippen LogP contribution in [0.4, 0.5) is 0 Å². The number of hydrogen-bond acceptors (Lipinski definition) is 5. The molecule has 0 aliphatic carbocycles. The van der Waals surface area contributed by atoms with Crippen LogP contribution in [0, 0.1) is 0 Å². The van der Waals surface area contributed by atoms with E-state index in [0.29, 0.717) is 6.04 Å². The highest BCUT2D eigenvalue weighted by Crippen LogP contribution is 2.17. The highest BCUT2D eigenvalue weighted by atomic mass is 32.1. The van der Waals surface area contributed by atoms with Gasteiger partial charge < -0.3 is 5.32 Å². The van der Waals surface area contributed by atoms with Crippen molar-refractivity contribution in [3.63, 3.8) is 0 Å². The summed E-state index contributed by atoms with van der Waals surface area (Å²) in [6, 6.07) is 2.76. The molecule has 0 spiro atoms. The minimum Gasteiger partial charge on any atom is -0.308 e. The zero-order chi connectivity index (χ0) is 14.4. The van der Waals surface area contributed by atoms with Gasteiger partial charge >= 0.3 is 0 Å². The predicted molar refractivity (Wildman–Crippen MR) is 81.9 cm³/mol. The van der Waals surface area contributed by atoms with E-state index >= 15 is 0 Å². The number of nitrogens with zero attached hydrogens (tertiary/aromatic N) is 4. The molecule has 6 heteroatoms. The van der Waals surface area contributed by atoms with Gasteiger partial charge in [0.25, 0.3) is 0 Å². The summed E-state index contributed by atoms with van der Waals surface area (Å²) in [5, 5.41) is 8.20. The normalized spacial score (nSPS) is 14.3. The zero-order valence-electron chi connectivity index (χ0n) is 12.4. The van der Waals surface area contributed by atoms with Crippen LogP contribution in [0.2, 0.25) is 0 Å². The van der Waals surface area contributed by atoms with Gasteiger partial charge in [-0.05, 0) is 32.4 Å². The molecule has 0 radical (unpaired) electrons. The van der Waals surface area contributed by atoms with E-state index in [1.54, 1.807) is 0 Å². The minimum atomic E-state index is 0.203. The molecule has 2 rings (SSSR count). The van der Waals surface area contributed by atoms with E-state index in [1.165, 1.54) is 11.7 Å². The molecular weight excluding hydrogens is 270 g/mol. The quantitative estimate of drug-likeness (QED) is 0.813. The van der Waals surface area contributed by atoms with E-state index in [0.717, 1.165) is 37.2 Å². The Labute approximate surface area is 124 Å². The molecule has 20 heavy (non-hydrogen) atoms. The first-order valence-corrected chi connectivity index (χ1v) is 8.02. The third-order valence-electron chi connectivity index (χ3n) is 3.50. The Morgan fingerprint density at radius 1 is 1.40 bits per heavy atom. The first kappa shape index (κ1) is 15.1. The molecule has 0 saturated carbocycles. The van der Waals surface area contributed by atoms with Gasteiger partial charge in [-0.3, -0.25) is 4.68 Å². The molecule has 0 fully saturated rings. The van der Waals surface area contributed by atoms with Crippen molar-refractivity contribution in [3.8, 4) is 0 Å². The molecule has 0 bridgehead atoms. The molecule has 2 atom stereocenters. The average molecular weight is 293 g/mol. The maximum atomic E-state index is 4.67. The van der Waals surface area contributed by atoms with Crippen LogP contribution in [0.3, 0.4) is 0 Å². The van der Waals surface area contributed by atoms with E-state index in [9.17, 15) is 0 Å². The number of aromatic nitrogens is 4. The molecule has 0 aliphatic rings. The van der Waals surface area contributed by atoms with Crippen molar-refractivity contribution in [2.45, 2.75) is 52.1 Å². The lowest BCUT2D eigenvalue weighted by Gasteiger charge is -2.15. The van der Waals surface area contributed by atoms with Crippen LogP contribution in [0.25, 0.3) is 0 Å². The van der Waals surface area contributed by atoms with E-state index in [-0.39, 0.29) is 6.04 Å². The molecule has 0 aromatic carbocycles. The Bertz CT molecular complexity index is 493. The van der Waals surface area contributed by atoms with Crippen molar-refractivity contribution in [1.29, 1.82) is 0 Å². The molecule has 2 heterocycles. The van der Waals surface area contributed by atoms with Crippen molar-refractivity contribution in [2.24, 2.45) is 0 Å². The number of nitrogens with one attached hydrogen (secondary N) is 1. The first-order chi connectivity index (χ1) is 9.74. The van der Waals surface area contributed by atoms with Crippen molar-refractivity contribution < 1.29 is 0 Å². The molecule has 2 unspecified atom stereocenters. The van der Waals surface area contributed by atoms with Gasteiger partial charge in [0.1, 0.15) is 0 Å². The highest BCUT2D eigenvalue weighted by Gasteiger charge is 2.16. The molecule has 2 aromatic rings. The maximum Gasteiger partial charge on any atom is 0.0916 e. The lowest BCUT2D eigenvalue weighted by molar-refractivity contribution is 0.464. The van der Waals surface area contributed by atoms with Crippen molar-refractivity contribution in [2.75, 3.05) is 6.54 Å². The van der Waals surface area contributed by atoms with Crippen LogP contribution in [0.5, 0.6) is 0 Å². The highest BCUT2D eigenvalue weighted by molar-refractivity contribution is 6.99. The molecule has 0 saturated heterocycles. The largest absolute Gasteiger partial charge is 0.308 e. The summed E-state index contributed by atoms with van der Waals surface area (Å²) in [4.78, 5) is 0. The molecule has 1 N–H and O–H groups in total. The molecule has 110 valence electrons. The average Bonchev–Trinajstić information content (AvgIpc) is 3.13. The van der Waals surface area contributed by atoms with Gasteiger partial charge in [-0.15, -0.1) is 0 Å². The van der Waals surface area contributed by atoms with E-state index in [4.69, 9.17) is 0 Å². The summed E-state index contributed by atoms with van der Waals surface area (Å²) >= 11 is 1.26. The fraction of sp³-hybridized carbons (Fsp3) is 0.643. The number of hydrogen-bond donors (Lipinski definition) is 1. The Kier molecular flexibility index (Phi) is 5.67. The Morgan fingerprint density at radius 2 is 2.25 bits per heavy atom. The Hall–Kier alpha value is -1.27. The Morgan fingerprint density at radius 3 is 2.90 bits per heavy atom. The second-order valence-corrected chi connectivity index (χ2v) is 5.64. The SMILES string of the molecule is CCCNC(Cc1ccn(C(C)CC)n1)c1cnsn1. The Balaban J connectivity index is 2.05. The summed E-state index contributed by atoms with van der Waals surface area (Å²) in [6.07, 6.45) is 6.97. The fourth-order valence-electron chi connectivity index (χ4n) is 2.05. The lowest BCUT2D eigenvalue weighted by Crippen LogP contribution is -2.24. The fourth-order valence-corrected chi connectivity index (χ4v) is 2.52. The third kappa shape index (κ3) is 3.86. The van der Waals surface area contributed by atoms with Crippen molar-refractivity contribution in [1.82, 2.24) is 23.8 Å². The summed E-state index contributed by atoms with van der Waals surface area (Å²) in [7, 11) is 0. The standard InChI is InChI=1S/C14H23N5S/c1-4-7-15-13(14-10-16-20-18-14)9-12-6-8-19(17-12)11(3)5-2/h6,8,10-11,13,15H,4-5,7,9H2,1-3H3. The van der Waals surface area contributed by atoms with Crippen LogP contribution in [0.1, 0.15) is 57.1 Å². The van der Waals surface area contributed by atoms with Gasteiger partial charge in [0.15, 0.2) is 0 Å². The van der Waals surface area contributed by atoms with Crippen LogP contribution in [-0.2, 0) is 6.42 Å². The van der Waals surface area contributed by atoms with E-state index in [1.807, 2.05) is 10.9 Å². The topological polar surface area (TPSA) is 55.6 Å². The summed E-state index contributed by atoms with van der Waals surface area (Å²) < 4.78 is 10.5. The van der Waals surface area contributed by atoms with E-state index < -0.39 is 0 Å². The monoisotopic (exact) mass is 293 g/mol. The molecule has 0 aliphatic heterocycles. The van der Waals surface area contributed by atoms with Gasteiger partial charge in [0.05, 0.1) is 35.4 Å². The van der Waals surface area contributed by atoms with Gasteiger partial charge in [-0.1, -0.05) is 13.8 Å². The second kappa shape index (κ2) is 7.50. The van der Waals surface area contributed by atoms with Crippen molar-refractivity contribution >= 4 is 11.7 Å². The molecule has 5 nitrogen and oxygen atoms in total. The van der Waals surface area contributed by atoms with Crippen LogP contribution in [0.15, 0.2) is 18.5 Å². The predicted octanol–water partition coefficient (Wildman–Crippen LogP) is 2.99. The second-order valence-electron chi connectivity index (χ2n) is 5.09. The van der Waals surface area contributed by atoms with Crippen molar-refractivity contribution in [3.05, 3.63) is 29.8 Å². The first-order valence-electron chi connectivity index (χ1n) is 7.29. The third-order valence-corrected chi connectivity index (χ3v) is 3.99. The van der Waals surface area contributed by atoms with Crippen LogP contribution in [-0.4, -0.2) is 25.1 Å².